The minimum Gasteiger partial charge on any atom is -0.385 e. The Morgan fingerprint density at radius 3 is 2.50 bits per heavy atom. The summed E-state index contributed by atoms with van der Waals surface area (Å²) in [6, 6.07) is 0. The molecule has 0 atom stereocenters. The smallest absolute Gasteiger partial charge is 0.216 e. The molecule has 84 valence electrons. The first-order chi connectivity index (χ1) is 6.77. The third-order valence-corrected chi connectivity index (χ3v) is 1.73. The topological polar surface area (TPSA) is 47.6 Å². The van der Waals surface area contributed by atoms with E-state index in [0.29, 0.717) is 0 Å². The van der Waals surface area contributed by atoms with E-state index >= 15 is 0 Å². The van der Waals surface area contributed by atoms with E-state index in [1.54, 1.807) is 7.11 Å². The molecule has 4 heteroatoms. The zero-order chi connectivity index (χ0) is 10.6. The van der Waals surface area contributed by atoms with Crippen molar-refractivity contribution in [2.45, 2.75) is 26.2 Å². The zero-order valence-corrected chi connectivity index (χ0v) is 9.17. The number of hydrogen-bond acceptors (Lipinski definition) is 3. The number of ether oxygens (including phenoxy) is 2. The van der Waals surface area contributed by atoms with Crippen LogP contribution in [0.25, 0.3) is 0 Å². The fourth-order valence-electron chi connectivity index (χ4n) is 1.00. The van der Waals surface area contributed by atoms with Crippen LogP contribution in [0.1, 0.15) is 26.2 Å². The summed E-state index contributed by atoms with van der Waals surface area (Å²) in [6.07, 6.45) is 2.92. The predicted octanol–water partition coefficient (Wildman–Crippen LogP) is 0.956. The van der Waals surface area contributed by atoms with Crippen molar-refractivity contribution in [3.05, 3.63) is 0 Å². The third-order valence-electron chi connectivity index (χ3n) is 1.73. The van der Waals surface area contributed by atoms with Crippen LogP contribution in [0.4, 0.5) is 0 Å². The molecule has 0 aromatic heterocycles. The molecule has 0 aromatic carbocycles. The molecular formula is C10H21NO3. The second-order valence-corrected chi connectivity index (χ2v) is 3.15. The van der Waals surface area contributed by atoms with E-state index in [2.05, 4.69) is 5.32 Å². The molecule has 0 radical (unpaired) electrons. The van der Waals surface area contributed by atoms with Gasteiger partial charge in [0.05, 0.1) is 0 Å². The van der Waals surface area contributed by atoms with Crippen LogP contribution in [0.3, 0.4) is 0 Å². The summed E-state index contributed by atoms with van der Waals surface area (Å²) < 4.78 is 10.2. The number of hydrogen-bond donors (Lipinski definition) is 1. The fraction of sp³-hybridized carbons (Fsp3) is 0.900. The first kappa shape index (κ1) is 13.4. The van der Waals surface area contributed by atoms with Crippen LogP contribution in [0.2, 0.25) is 0 Å². The maximum Gasteiger partial charge on any atom is 0.216 e. The first-order valence-corrected chi connectivity index (χ1v) is 5.08. The molecule has 0 fully saturated rings. The van der Waals surface area contributed by atoms with Crippen LogP contribution in [0, 0.1) is 0 Å². The molecule has 0 aliphatic rings. The van der Waals surface area contributed by atoms with Gasteiger partial charge in [0.1, 0.15) is 0 Å². The number of carbonyl (C=O) groups is 1. The highest BCUT2D eigenvalue weighted by atomic mass is 16.5. The molecule has 0 aliphatic carbocycles. The van der Waals surface area contributed by atoms with Gasteiger partial charge in [0.15, 0.2) is 0 Å². The highest BCUT2D eigenvalue weighted by Crippen LogP contribution is 1.90. The van der Waals surface area contributed by atoms with E-state index in [1.807, 2.05) is 0 Å². The fourth-order valence-corrected chi connectivity index (χ4v) is 1.00. The van der Waals surface area contributed by atoms with Crippen molar-refractivity contribution in [3.63, 3.8) is 0 Å². The summed E-state index contributed by atoms with van der Waals surface area (Å²) in [5.74, 6) is 0.0333. The van der Waals surface area contributed by atoms with E-state index in [9.17, 15) is 4.79 Å². The van der Waals surface area contributed by atoms with Gasteiger partial charge in [-0.3, -0.25) is 4.79 Å². The Bertz CT molecular complexity index is 139. The van der Waals surface area contributed by atoms with Gasteiger partial charge in [0, 0.05) is 40.4 Å². The molecule has 0 spiro atoms. The summed E-state index contributed by atoms with van der Waals surface area (Å²) in [5, 5.41) is 2.74. The summed E-state index contributed by atoms with van der Waals surface area (Å²) in [5.41, 5.74) is 0. The molecule has 0 aliphatic heterocycles. The average molecular weight is 203 g/mol. The van der Waals surface area contributed by atoms with Crippen LogP contribution in [-0.4, -0.2) is 39.4 Å². The second-order valence-electron chi connectivity index (χ2n) is 3.15. The number of amides is 1. The molecule has 0 rings (SSSR count). The lowest BCUT2D eigenvalue weighted by molar-refractivity contribution is -0.118. The van der Waals surface area contributed by atoms with E-state index < -0.39 is 0 Å². The van der Waals surface area contributed by atoms with Crippen LogP contribution in [0.5, 0.6) is 0 Å². The van der Waals surface area contributed by atoms with Gasteiger partial charge in [-0.05, 0) is 19.3 Å². The van der Waals surface area contributed by atoms with Crippen LogP contribution < -0.4 is 5.32 Å². The largest absolute Gasteiger partial charge is 0.385 e. The molecule has 14 heavy (non-hydrogen) atoms. The van der Waals surface area contributed by atoms with E-state index in [1.165, 1.54) is 6.92 Å². The van der Waals surface area contributed by atoms with Gasteiger partial charge in [-0.15, -0.1) is 0 Å². The molecule has 1 N–H and O–H groups in total. The van der Waals surface area contributed by atoms with Crippen molar-refractivity contribution in [2.24, 2.45) is 0 Å². The lowest BCUT2D eigenvalue weighted by Gasteiger charge is -2.04. The summed E-state index contributed by atoms with van der Waals surface area (Å²) in [4.78, 5) is 10.5. The molecule has 1 amide bonds. The first-order valence-electron chi connectivity index (χ1n) is 5.08. The van der Waals surface area contributed by atoms with Crippen LogP contribution >= 0.6 is 0 Å². The number of carbonyl (C=O) groups excluding carboxylic acids is 1. The quantitative estimate of drug-likeness (QED) is 0.568. The van der Waals surface area contributed by atoms with Crippen molar-refractivity contribution in [3.8, 4) is 0 Å². The Morgan fingerprint density at radius 1 is 1.14 bits per heavy atom. The van der Waals surface area contributed by atoms with Gasteiger partial charge >= 0.3 is 0 Å². The molecule has 0 unspecified atom stereocenters. The summed E-state index contributed by atoms with van der Waals surface area (Å²) in [6.45, 7) is 4.56. The Labute approximate surface area is 86.0 Å². The highest BCUT2D eigenvalue weighted by Gasteiger charge is 1.92. The number of nitrogens with one attached hydrogen (secondary N) is 1. The summed E-state index contributed by atoms with van der Waals surface area (Å²) >= 11 is 0. The Kier molecular flexibility index (Phi) is 10.0. The van der Waals surface area contributed by atoms with Crippen LogP contribution in [-0.2, 0) is 14.3 Å². The molecule has 0 saturated heterocycles. The standard InChI is InChI=1S/C10H21NO3/c1-10(12)11-6-3-4-8-14-9-5-7-13-2/h3-9H2,1-2H3,(H,11,12). The van der Waals surface area contributed by atoms with Gasteiger partial charge in [-0.2, -0.15) is 0 Å². The zero-order valence-electron chi connectivity index (χ0n) is 9.17. The predicted molar refractivity (Wildman–Crippen MR) is 55.2 cm³/mol. The van der Waals surface area contributed by atoms with E-state index in [4.69, 9.17) is 9.47 Å². The third kappa shape index (κ3) is 11.4. The monoisotopic (exact) mass is 203 g/mol. The Balaban J connectivity index is 2.88. The van der Waals surface area contributed by atoms with Gasteiger partial charge in [0.2, 0.25) is 5.91 Å². The molecular weight excluding hydrogens is 182 g/mol. The molecule has 0 aromatic rings. The lowest BCUT2D eigenvalue weighted by Crippen LogP contribution is -2.21. The maximum atomic E-state index is 10.5. The van der Waals surface area contributed by atoms with Crippen molar-refractivity contribution >= 4 is 5.91 Å². The van der Waals surface area contributed by atoms with E-state index in [0.717, 1.165) is 45.6 Å². The summed E-state index contributed by atoms with van der Waals surface area (Å²) in [7, 11) is 1.69. The van der Waals surface area contributed by atoms with Gasteiger partial charge < -0.3 is 14.8 Å². The average Bonchev–Trinajstić information content (AvgIpc) is 2.15. The van der Waals surface area contributed by atoms with Gasteiger partial charge in [0.25, 0.3) is 0 Å². The SMILES string of the molecule is COCCCOCCCCNC(C)=O. The van der Waals surface area contributed by atoms with Crippen molar-refractivity contribution in [1.82, 2.24) is 5.32 Å². The van der Waals surface area contributed by atoms with Gasteiger partial charge in [-0.25, -0.2) is 0 Å². The molecule has 0 bridgehead atoms. The lowest BCUT2D eigenvalue weighted by atomic mass is 10.3. The number of methoxy groups -OCH3 is 1. The maximum absolute atomic E-state index is 10.5. The number of unbranched alkanes of at least 4 members (excludes halogenated alkanes) is 1. The Hall–Kier alpha value is -0.610. The van der Waals surface area contributed by atoms with E-state index in [-0.39, 0.29) is 5.91 Å². The second kappa shape index (κ2) is 10.5. The highest BCUT2D eigenvalue weighted by molar-refractivity contribution is 5.72. The minimum absolute atomic E-state index is 0.0333. The van der Waals surface area contributed by atoms with Crippen LogP contribution in [0.15, 0.2) is 0 Å². The Morgan fingerprint density at radius 2 is 1.86 bits per heavy atom. The molecule has 0 heterocycles. The van der Waals surface area contributed by atoms with Crippen molar-refractivity contribution < 1.29 is 14.3 Å². The van der Waals surface area contributed by atoms with Gasteiger partial charge in [-0.1, -0.05) is 0 Å². The molecule has 0 saturated carbocycles. The number of rotatable bonds is 9. The van der Waals surface area contributed by atoms with Crippen molar-refractivity contribution in [2.75, 3.05) is 33.5 Å². The minimum atomic E-state index is 0.0333. The molecule has 4 nitrogen and oxygen atoms in total. The normalized spacial score (nSPS) is 10.1. The van der Waals surface area contributed by atoms with Crippen molar-refractivity contribution in [1.29, 1.82) is 0 Å².